The fourth-order valence-electron chi connectivity index (χ4n) is 2.52. The van der Waals surface area contributed by atoms with E-state index in [9.17, 15) is 14.4 Å². The molecule has 1 amide bonds. The summed E-state index contributed by atoms with van der Waals surface area (Å²) in [6, 6.07) is 14.2. The molecule has 0 fully saturated rings. The normalized spacial score (nSPS) is 10.5. The lowest BCUT2D eigenvalue weighted by Crippen LogP contribution is -2.22. The van der Waals surface area contributed by atoms with Gasteiger partial charge in [-0.15, -0.1) is 11.3 Å². The van der Waals surface area contributed by atoms with E-state index < -0.39 is 24.5 Å². The lowest BCUT2D eigenvalue weighted by molar-refractivity contribution is -0.147. The van der Waals surface area contributed by atoms with Crippen LogP contribution in [0.1, 0.15) is 21.8 Å². The van der Waals surface area contributed by atoms with Crippen molar-refractivity contribution >= 4 is 45.1 Å². The smallest absolute Gasteiger partial charge is 0.339 e. The Bertz CT molecular complexity index is 982. The fraction of sp³-hybridized carbons (Fsp3) is 0.200. The zero-order valence-electron chi connectivity index (χ0n) is 15.1. The first-order chi connectivity index (χ1) is 13.6. The van der Waals surface area contributed by atoms with E-state index in [1.54, 1.807) is 18.2 Å². The molecule has 144 valence electrons. The number of amides is 1. The van der Waals surface area contributed by atoms with Gasteiger partial charge in [0.2, 0.25) is 0 Å². The molecule has 1 aromatic heterocycles. The van der Waals surface area contributed by atoms with Gasteiger partial charge in [0.15, 0.2) is 6.61 Å². The molecule has 0 unspecified atom stereocenters. The van der Waals surface area contributed by atoms with E-state index in [0.29, 0.717) is 12.1 Å². The Kier molecular flexibility index (Phi) is 6.33. The van der Waals surface area contributed by atoms with Gasteiger partial charge in [0, 0.05) is 6.42 Å². The minimum Gasteiger partial charge on any atom is -0.465 e. The van der Waals surface area contributed by atoms with Crippen LogP contribution < -0.4 is 5.32 Å². The maximum atomic E-state index is 12.0. The van der Waals surface area contributed by atoms with E-state index in [1.807, 2.05) is 24.3 Å². The molecule has 8 heteroatoms. The summed E-state index contributed by atoms with van der Waals surface area (Å²) in [5, 5.41) is 3.39. The van der Waals surface area contributed by atoms with Gasteiger partial charge >= 0.3 is 11.9 Å². The van der Waals surface area contributed by atoms with Crippen LogP contribution in [0.4, 0.5) is 5.69 Å². The van der Waals surface area contributed by atoms with Crippen LogP contribution in [0.5, 0.6) is 0 Å². The number of esters is 2. The minimum atomic E-state index is -0.566. The number of aromatic nitrogens is 1. The molecule has 1 heterocycles. The van der Waals surface area contributed by atoms with Crippen molar-refractivity contribution in [2.24, 2.45) is 0 Å². The number of carbonyl (C=O) groups is 3. The lowest BCUT2D eigenvalue weighted by atomic mass is 10.2. The highest BCUT2D eigenvalue weighted by Gasteiger charge is 2.15. The van der Waals surface area contributed by atoms with Crippen LogP contribution in [-0.2, 0) is 25.5 Å². The van der Waals surface area contributed by atoms with Gasteiger partial charge in [0.1, 0.15) is 0 Å². The van der Waals surface area contributed by atoms with Crippen molar-refractivity contribution in [1.29, 1.82) is 0 Å². The molecular weight excluding hydrogens is 380 g/mol. The summed E-state index contributed by atoms with van der Waals surface area (Å²) in [5.74, 6) is -1.59. The Hall–Kier alpha value is -3.26. The van der Waals surface area contributed by atoms with Crippen LogP contribution in [0.15, 0.2) is 48.5 Å². The van der Waals surface area contributed by atoms with Crippen molar-refractivity contribution in [3.8, 4) is 0 Å². The fourth-order valence-corrected chi connectivity index (χ4v) is 3.49. The van der Waals surface area contributed by atoms with Crippen molar-refractivity contribution < 1.29 is 23.9 Å². The van der Waals surface area contributed by atoms with Crippen molar-refractivity contribution in [2.45, 2.75) is 12.8 Å². The molecule has 0 radical (unpaired) electrons. The van der Waals surface area contributed by atoms with Crippen LogP contribution in [-0.4, -0.2) is 36.5 Å². The van der Waals surface area contributed by atoms with Crippen LogP contribution >= 0.6 is 11.3 Å². The summed E-state index contributed by atoms with van der Waals surface area (Å²) in [5.41, 5.74) is 1.42. The molecule has 0 saturated heterocycles. The predicted octanol–water partition coefficient (Wildman–Crippen LogP) is 3.20. The van der Waals surface area contributed by atoms with Crippen LogP contribution in [0.25, 0.3) is 10.2 Å². The van der Waals surface area contributed by atoms with Gasteiger partial charge in [-0.05, 0) is 24.3 Å². The minimum absolute atomic E-state index is 0.131. The number of nitrogens with one attached hydrogen (secondary N) is 1. The highest BCUT2D eigenvalue weighted by Crippen LogP contribution is 2.22. The molecule has 0 aliphatic heterocycles. The van der Waals surface area contributed by atoms with Crippen LogP contribution in [0, 0.1) is 0 Å². The summed E-state index contributed by atoms with van der Waals surface area (Å²) >= 11 is 1.53. The maximum absolute atomic E-state index is 12.0. The Labute approximate surface area is 165 Å². The molecule has 3 aromatic rings. The molecule has 1 N–H and O–H groups in total. The molecule has 0 saturated carbocycles. The Morgan fingerprint density at radius 1 is 1.07 bits per heavy atom. The number of fused-ring (bicyclic) bond motifs is 1. The van der Waals surface area contributed by atoms with Crippen molar-refractivity contribution in [3.63, 3.8) is 0 Å². The van der Waals surface area contributed by atoms with Crippen molar-refractivity contribution in [2.75, 3.05) is 19.0 Å². The maximum Gasteiger partial charge on any atom is 0.339 e. The second-order valence-electron chi connectivity index (χ2n) is 5.82. The number of hydrogen-bond acceptors (Lipinski definition) is 7. The second-order valence-corrected chi connectivity index (χ2v) is 6.94. The van der Waals surface area contributed by atoms with Crippen molar-refractivity contribution in [1.82, 2.24) is 4.98 Å². The van der Waals surface area contributed by atoms with E-state index in [1.165, 1.54) is 24.5 Å². The van der Waals surface area contributed by atoms with E-state index >= 15 is 0 Å². The van der Waals surface area contributed by atoms with Gasteiger partial charge in [-0.2, -0.15) is 0 Å². The number of nitrogens with zero attached hydrogens (tertiary/aromatic N) is 1. The molecule has 0 bridgehead atoms. The topological polar surface area (TPSA) is 94.6 Å². The number of hydrogen-bond donors (Lipinski definition) is 1. The summed E-state index contributed by atoms with van der Waals surface area (Å²) < 4.78 is 10.7. The SMILES string of the molecule is COC(=O)c1ccccc1NC(=O)COC(=O)CCc1nc2ccccc2s1. The number of aryl methyl sites for hydroxylation is 1. The van der Waals surface area contributed by atoms with Gasteiger partial charge in [0.25, 0.3) is 5.91 Å². The standard InChI is InChI=1S/C20H18N2O5S/c1-26-20(25)13-6-2-3-7-14(13)21-17(23)12-27-19(24)11-10-18-22-15-8-4-5-9-16(15)28-18/h2-9H,10-12H2,1H3,(H,21,23). The van der Waals surface area contributed by atoms with Gasteiger partial charge in [-0.25, -0.2) is 9.78 Å². The molecular formula is C20H18N2O5S. The van der Waals surface area contributed by atoms with Gasteiger partial charge in [-0.1, -0.05) is 24.3 Å². The summed E-state index contributed by atoms with van der Waals surface area (Å²) in [6.07, 6.45) is 0.580. The zero-order valence-corrected chi connectivity index (χ0v) is 16.0. The van der Waals surface area contributed by atoms with E-state index in [2.05, 4.69) is 15.0 Å². The average Bonchev–Trinajstić information content (AvgIpc) is 3.13. The average molecular weight is 398 g/mol. The number of methoxy groups -OCH3 is 1. The first-order valence-electron chi connectivity index (χ1n) is 8.54. The first-order valence-corrected chi connectivity index (χ1v) is 9.35. The van der Waals surface area contributed by atoms with Crippen LogP contribution in [0.3, 0.4) is 0 Å². The number of benzene rings is 2. The lowest BCUT2D eigenvalue weighted by Gasteiger charge is -2.09. The third kappa shape index (κ3) is 4.92. The Balaban J connectivity index is 1.48. The molecule has 0 aliphatic carbocycles. The molecule has 7 nitrogen and oxygen atoms in total. The third-order valence-electron chi connectivity index (χ3n) is 3.85. The molecule has 0 atom stereocenters. The summed E-state index contributed by atoms with van der Waals surface area (Å²) in [4.78, 5) is 40.1. The zero-order chi connectivity index (χ0) is 19.9. The molecule has 2 aromatic carbocycles. The van der Waals surface area contributed by atoms with Crippen LogP contribution in [0.2, 0.25) is 0 Å². The molecule has 0 spiro atoms. The Morgan fingerprint density at radius 3 is 2.61 bits per heavy atom. The number of ether oxygens (including phenoxy) is 2. The van der Waals surface area contributed by atoms with E-state index in [4.69, 9.17) is 4.74 Å². The largest absolute Gasteiger partial charge is 0.465 e. The molecule has 3 rings (SSSR count). The van der Waals surface area contributed by atoms with Crippen molar-refractivity contribution in [3.05, 3.63) is 59.1 Å². The van der Waals surface area contributed by atoms with Gasteiger partial charge < -0.3 is 14.8 Å². The summed E-state index contributed by atoms with van der Waals surface area (Å²) in [7, 11) is 1.26. The first kappa shape index (κ1) is 19.5. The second kappa shape index (κ2) is 9.09. The molecule has 28 heavy (non-hydrogen) atoms. The number of rotatable bonds is 7. The number of para-hydroxylation sites is 2. The quantitative estimate of drug-likeness (QED) is 0.614. The number of anilines is 1. The van der Waals surface area contributed by atoms with Gasteiger partial charge in [0.05, 0.1) is 40.0 Å². The number of thiazole rings is 1. The highest BCUT2D eigenvalue weighted by molar-refractivity contribution is 7.18. The summed E-state index contributed by atoms with van der Waals surface area (Å²) in [6.45, 7) is -0.436. The van der Waals surface area contributed by atoms with Gasteiger partial charge in [-0.3, -0.25) is 9.59 Å². The number of carbonyl (C=O) groups excluding carboxylic acids is 3. The van der Waals surface area contributed by atoms with E-state index in [-0.39, 0.29) is 12.0 Å². The highest BCUT2D eigenvalue weighted by atomic mass is 32.1. The monoisotopic (exact) mass is 398 g/mol. The van der Waals surface area contributed by atoms with E-state index in [0.717, 1.165) is 15.2 Å². The predicted molar refractivity (Wildman–Crippen MR) is 105 cm³/mol. The third-order valence-corrected chi connectivity index (χ3v) is 4.95. The molecule has 0 aliphatic rings. The Morgan fingerprint density at radius 2 is 1.82 bits per heavy atom.